The van der Waals surface area contributed by atoms with E-state index in [1.54, 1.807) is 19.2 Å². The quantitative estimate of drug-likeness (QED) is 0.722. The van der Waals surface area contributed by atoms with Crippen LogP contribution in [0.4, 0.5) is 4.79 Å². The van der Waals surface area contributed by atoms with Crippen LogP contribution in [0, 0.1) is 11.8 Å². The van der Waals surface area contributed by atoms with Gasteiger partial charge in [0.25, 0.3) is 0 Å². The molecule has 0 spiro atoms. The SMILES string of the molecule is COc1ccccc1C(O)C#Cc1ccc(C2(NC(=O)OC(C)(C)C)CCC2)cc1. The van der Waals surface area contributed by atoms with E-state index < -0.39 is 17.8 Å². The molecule has 1 atom stereocenters. The third-order valence-corrected chi connectivity index (χ3v) is 5.17. The molecule has 1 aliphatic rings. The number of aliphatic hydroxyl groups excluding tert-OH is 1. The van der Waals surface area contributed by atoms with Crippen molar-refractivity contribution in [3.8, 4) is 17.6 Å². The van der Waals surface area contributed by atoms with E-state index in [2.05, 4.69) is 17.2 Å². The number of amides is 1. The maximum absolute atomic E-state index is 12.3. The zero-order valence-corrected chi connectivity index (χ0v) is 18.0. The van der Waals surface area contributed by atoms with Crippen LogP contribution in [0.15, 0.2) is 48.5 Å². The number of ether oxygens (including phenoxy) is 2. The van der Waals surface area contributed by atoms with Crippen LogP contribution >= 0.6 is 0 Å². The van der Waals surface area contributed by atoms with Crippen LogP contribution in [0.25, 0.3) is 0 Å². The van der Waals surface area contributed by atoms with Gasteiger partial charge >= 0.3 is 6.09 Å². The highest BCUT2D eigenvalue weighted by molar-refractivity contribution is 5.69. The molecule has 30 heavy (non-hydrogen) atoms. The van der Waals surface area contributed by atoms with Crippen LogP contribution in [0.3, 0.4) is 0 Å². The Morgan fingerprint density at radius 2 is 1.80 bits per heavy atom. The lowest BCUT2D eigenvalue weighted by Gasteiger charge is -2.43. The van der Waals surface area contributed by atoms with Gasteiger partial charge in [0.1, 0.15) is 17.5 Å². The molecule has 1 unspecified atom stereocenters. The van der Waals surface area contributed by atoms with Crippen LogP contribution in [0.2, 0.25) is 0 Å². The highest BCUT2D eigenvalue weighted by Crippen LogP contribution is 2.41. The summed E-state index contributed by atoms with van der Waals surface area (Å²) in [6, 6.07) is 15.1. The number of nitrogens with one attached hydrogen (secondary N) is 1. The fourth-order valence-corrected chi connectivity index (χ4v) is 3.51. The van der Waals surface area contributed by atoms with Crippen LogP contribution in [-0.2, 0) is 10.3 Å². The lowest BCUT2D eigenvalue weighted by atomic mass is 9.72. The lowest BCUT2D eigenvalue weighted by molar-refractivity contribution is 0.0377. The Morgan fingerprint density at radius 1 is 1.13 bits per heavy atom. The average molecular weight is 408 g/mol. The first-order valence-corrected chi connectivity index (χ1v) is 10.2. The molecule has 2 N–H and O–H groups in total. The second-order valence-electron chi connectivity index (χ2n) is 8.55. The summed E-state index contributed by atoms with van der Waals surface area (Å²) in [6.07, 6.45) is 1.48. The normalized spacial score (nSPS) is 15.8. The largest absolute Gasteiger partial charge is 0.496 e. The number of carbonyl (C=O) groups excluding carboxylic acids is 1. The Labute approximate surface area is 178 Å². The molecule has 0 bridgehead atoms. The second-order valence-corrected chi connectivity index (χ2v) is 8.55. The van der Waals surface area contributed by atoms with Crippen molar-refractivity contribution in [3.63, 3.8) is 0 Å². The highest BCUT2D eigenvalue weighted by atomic mass is 16.6. The van der Waals surface area contributed by atoms with Gasteiger partial charge in [-0.3, -0.25) is 0 Å². The van der Waals surface area contributed by atoms with Gasteiger partial charge in [-0.1, -0.05) is 42.2 Å². The molecule has 3 rings (SSSR count). The van der Waals surface area contributed by atoms with E-state index in [1.807, 2.05) is 57.2 Å². The monoisotopic (exact) mass is 407 g/mol. The van der Waals surface area contributed by atoms with E-state index in [-0.39, 0.29) is 5.54 Å². The number of alkyl carbamates (subject to hydrolysis) is 1. The van der Waals surface area contributed by atoms with E-state index in [9.17, 15) is 9.90 Å². The maximum Gasteiger partial charge on any atom is 0.408 e. The number of hydrogen-bond acceptors (Lipinski definition) is 4. The van der Waals surface area contributed by atoms with E-state index in [1.165, 1.54) is 0 Å². The number of aliphatic hydroxyl groups is 1. The van der Waals surface area contributed by atoms with Gasteiger partial charge in [0, 0.05) is 11.1 Å². The predicted octanol–water partition coefficient (Wildman–Crippen LogP) is 4.68. The average Bonchev–Trinajstić information content (AvgIpc) is 2.68. The van der Waals surface area contributed by atoms with Gasteiger partial charge in [-0.25, -0.2) is 4.79 Å². The molecule has 1 saturated carbocycles. The molecule has 0 aromatic heterocycles. The molecule has 2 aromatic carbocycles. The van der Waals surface area contributed by atoms with Crippen molar-refractivity contribution < 1.29 is 19.4 Å². The van der Waals surface area contributed by atoms with E-state index in [4.69, 9.17) is 9.47 Å². The Hall–Kier alpha value is -2.97. The molecule has 0 heterocycles. The Bertz CT molecular complexity index is 944. The van der Waals surface area contributed by atoms with Gasteiger partial charge in [-0.15, -0.1) is 0 Å². The van der Waals surface area contributed by atoms with Crippen molar-refractivity contribution in [1.82, 2.24) is 5.32 Å². The molecule has 5 nitrogen and oxygen atoms in total. The van der Waals surface area contributed by atoms with Gasteiger partial charge in [-0.05, 0) is 63.8 Å². The van der Waals surface area contributed by atoms with Gasteiger partial charge in [0.15, 0.2) is 0 Å². The van der Waals surface area contributed by atoms with Crippen LogP contribution in [-0.4, -0.2) is 23.9 Å². The number of para-hydroxylation sites is 1. The minimum atomic E-state index is -0.937. The first-order valence-electron chi connectivity index (χ1n) is 10.2. The molecule has 0 aliphatic heterocycles. The van der Waals surface area contributed by atoms with Crippen molar-refractivity contribution in [2.24, 2.45) is 0 Å². The molecule has 0 saturated heterocycles. The molecule has 2 aromatic rings. The lowest BCUT2D eigenvalue weighted by Crippen LogP contribution is -2.52. The number of carbonyl (C=O) groups is 1. The summed E-state index contributed by atoms with van der Waals surface area (Å²) in [5, 5.41) is 13.5. The third kappa shape index (κ3) is 5.14. The van der Waals surface area contributed by atoms with Gasteiger partial charge < -0.3 is 19.9 Å². The van der Waals surface area contributed by atoms with Crippen molar-refractivity contribution in [2.45, 2.75) is 57.3 Å². The van der Waals surface area contributed by atoms with Crippen molar-refractivity contribution in [1.29, 1.82) is 0 Å². The van der Waals surface area contributed by atoms with Crippen LogP contribution < -0.4 is 10.1 Å². The summed E-state index contributed by atoms with van der Waals surface area (Å²) in [6.45, 7) is 5.56. The Morgan fingerprint density at radius 3 is 2.37 bits per heavy atom. The van der Waals surface area contributed by atoms with Crippen LogP contribution in [0.1, 0.15) is 62.8 Å². The van der Waals surface area contributed by atoms with E-state index in [0.29, 0.717) is 11.3 Å². The van der Waals surface area contributed by atoms with E-state index in [0.717, 1.165) is 30.4 Å². The first-order chi connectivity index (χ1) is 14.2. The molecule has 1 amide bonds. The fraction of sp³-hybridized carbons (Fsp3) is 0.400. The minimum absolute atomic E-state index is 0.384. The summed E-state index contributed by atoms with van der Waals surface area (Å²) in [4.78, 5) is 12.3. The Kier molecular flexibility index (Phi) is 6.38. The zero-order chi connectivity index (χ0) is 21.8. The van der Waals surface area contributed by atoms with Crippen molar-refractivity contribution in [2.75, 3.05) is 7.11 Å². The topological polar surface area (TPSA) is 67.8 Å². The van der Waals surface area contributed by atoms with Gasteiger partial charge in [0.05, 0.1) is 12.6 Å². The highest BCUT2D eigenvalue weighted by Gasteiger charge is 2.41. The molecule has 1 fully saturated rings. The molecule has 5 heteroatoms. The summed E-state index contributed by atoms with van der Waals surface area (Å²) >= 11 is 0. The molecule has 158 valence electrons. The van der Waals surface area contributed by atoms with Crippen molar-refractivity contribution >= 4 is 6.09 Å². The Balaban J connectivity index is 1.72. The summed E-state index contributed by atoms with van der Waals surface area (Å²) < 4.78 is 10.7. The number of methoxy groups -OCH3 is 1. The van der Waals surface area contributed by atoms with Crippen molar-refractivity contribution in [3.05, 3.63) is 65.2 Å². The van der Waals surface area contributed by atoms with Crippen LogP contribution in [0.5, 0.6) is 5.75 Å². The molecular formula is C25H29NO4. The fourth-order valence-electron chi connectivity index (χ4n) is 3.51. The summed E-state index contributed by atoms with van der Waals surface area (Å²) in [5.41, 5.74) is 1.55. The minimum Gasteiger partial charge on any atom is -0.496 e. The number of rotatable bonds is 4. The molecular weight excluding hydrogens is 378 g/mol. The number of benzene rings is 2. The molecule has 0 radical (unpaired) electrons. The summed E-state index contributed by atoms with van der Waals surface area (Å²) in [5.74, 6) is 6.49. The third-order valence-electron chi connectivity index (χ3n) is 5.17. The predicted molar refractivity (Wildman–Crippen MR) is 116 cm³/mol. The van der Waals surface area contributed by atoms with E-state index >= 15 is 0 Å². The van der Waals surface area contributed by atoms with Gasteiger partial charge in [0.2, 0.25) is 0 Å². The maximum atomic E-state index is 12.3. The molecule has 1 aliphatic carbocycles. The van der Waals surface area contributed by atoms with Gasteiger partial charge in [-0.2, -0.15) is 0 Å². The zero-order valence-electron chi connectivity index (χ0n) is 18.0. The first kappa shape index (κ1) is 21.7. The smallest absolute Gasteiger partial charge is 0.408 e. The second kappa shape index (κ2) is 8.81. The number of hydrogen-bond donors (Lipinski definition) is 2. The standard InChI is InChI=1S/C25H29NO4/c1-24(2,3)30-23(28)26-25(16-7-17-25)19-13-10-18(11-14-19)12-15-21(27)20-8-5-6-9-22(20)29-4/h5-6,8-11,13-14,21,27H,7,16-17H2,1-4H3,(H,26,28). The summed E-state index contributed by atoms with van der Waals surface area (Å²) in [7, 11) is 1.57.